The number of aliphatic hydroxyl groups excluding tert-OH is 4. The van der Waals surface area contributed by atoms with E-state index in [-0.39, 0.29) is 17.3 Å². The highest BCUT2D eigenvalue weighted by atomic mass is 16.7. The van der Waals surface area contributed by atoms with E-state index in [0.717, 1.165) is 6.07 Å². The van der Waals surface area contributed by atoms with E-state index in [2.05, 4.69) is 0 Å². The lowest BCUT2D eigenvalue weighted by Crippen LogP contribution is -2.60. The summed E-state index contributed by atoms with van der Waals surface area (Å²) in [6.07, 6.45) is -5.29. The molecule has 3 rings (SSSR count). The normalized spacial score (nSPS) is 26.7. The van der Waals surface area contributed by atoms with Gasteiger partial charge in [0.1, 0.15) is 30.2 Å². The molecule has 7 N–H and O–H groups in total. The Hall–Kier alpha value is -3.09. The fourth-order valence-electron chi connectivity index (χ4n) is 2.78. The van der Waals surface area contributed by atoms with Crippen molar-refractivity contribution in [2.75, 3.05) is 6.61 Å². The van der Waals surface area contributed by atoms with Crippen LogP contribution in [0.3, 0.4) is 0 Å². The van der Waals surface area contributed by atoms with Crippen LogP contribution in [0.25, 0.3) is 12.2 Å². The fraction of sp³-hybridized carbons (Fsp3) is 0.316. The number of aliphatic hydroxyl groups is 4. The number of benzene rings is 1. The smallest absolute Gasteiger partial charge is 0.383 e. The van der Waals surface area contributed by atoms with Crippen molar-refractivity contribution in [3.63, 3.8) is 0 Å². The molecule has 1 aliphatic rings. The average Bonchev–Trinajstić information content (AvgIpc) is 2.71. The molecule has 2 aromatic rings. The third kappa shape index (κ3) is 4.40. The molecular weight excluding hydrogens is 404 g/mol. The van der Waals surface area contributed by atoms with Crippen LogP contribution in [0.15, 0.2) is 33.5 Å². The maximum atomic E-state index is 12.2. The molecule has 5 atom stereocenters. The van der Waals surface area contributed by atoms with Crippen LogP contribution in [0.1, 0.15) is 11.3 Å². The van der Waals surface area contributed by atoms with Crippen LogP contribution in [-0.4, -0.2) is 73.1 Å². The summed E-state index contributed by atoms with van der Waals surface area (Å²) in [5.74, 6) is -2.09. The third-order valence-electron chi connectivity index (χ3n) is 4.43. The number of rotatable bonds is 5. The van der Waals surface area contributed by atoms with Crippen molar-refractivity contribution in [2.45, 2.75) is 30.7 Å². The van der Waals surface area contributed by atoms with Crippen LogP contribution >= 0.6 is 0 Å². The van der Waals surface area contributed by atoms with E-state index in [9.17, 15) is 40.5 Å². The molecule has 2 heterocycles. The lowest BCUT2D eigenvalue weighted by Gasteiger charge is -2.39. The largest absolute Gasteiger partial charge is 0.504 e. The van der Waals surface area contributed by atoms with Gasteiger partial charge in [0.15, 0.2) is 17.2 Å². The van der Waals surface area contributed by atoms with Gasteiger partial charge in [-0.1, -0.05) is 12.1 Å². The van der Waals surface area contributed by atoms with Gasteiger partial charge >= 0.3 is 5.63 Å². The van der Waals surface area contributed by atoms with E-state index < -0.39 is 54.4 Å². The molecule has 0 spiro atoms. The first kappa shape index (κ1) is 21.6. The summed E-state index contributed by atoms with van der Waals surface area (Å²) in [5.41, 5.74) is -0.658. The zero-order valence-electron chi connectivity index (χ0n) is 15.3. The van der Waals surface area contributed by atoms with Crippen LogP contribution < -0.4 is 10.4 Å². The minimum Gasteiger partial charge on any atom is -0.504 e. The third-order valence-corrected chi connectivity index (χ3v) is 4.43. The molecule has 30 heavy (non-hydrogen) atoms. The van der Waals surface area contributed by atoms with Crippen molar-refractivity contribution in [1.82, 2.24) is 0 Å². The first-order valence-corrected chi connectivity index (χ1v) is 8.75. The summed E-state index contributed by atoms with van der Waals surface area (Å²) >= 11 is 0. The van der Waals surface area contributed by atoms with Gasteiger partial charge in [0.05, 0.1) is 6.61 Å². The molecule has 0 saturated carbocycles. The zero-order chi connectivity index (χ0) is 22.0. The first-order valence-electron chi connectivity index (χ1n) is 8.75. The molecule has 1 saturated heterocycles. The van der Waals surface area contributed by atoms with E-state index >= 15 is 0 Å². The molecule has 0 bridgehead atoms. The second-order valence-electron chi connectivity index (χ2n) is 6.55. The highest BCUT2D eigenvalue weighted by molar-refractivity contribution is 5.69. The maximum absolute atomic E-state index is 12.2. The van der Waals surface area contributed by atoms with Crippen molar-refractivity contribution in [3.8, 4) is 23.0 Å². The molecular formula is C19H20O11. The predicted molar refractivity (Wildman–Crippen MR) is 99.7 cm³/mol. The Bertz CT molecular complexity index is 981. The molecule has 0 radical (unpaired) electrons. The Labute approximate surface area is 168 Å². The Kier molecular flexibility index (Phi) is 6.29. The Morgan fingerprint density at radius 2 is 1.67 bits per heavy atom. The first-order chi connectivity index (χ1) is 14.2. The molecule has 11 nitrogen and oxygen atoms in total. The van der Waals surface area contributed by atoms with E-state index in [4.69, 9.17) is 13.9 Å². The van der Waals surface area contributed by atoms with Gasteiger partial charge in [-0.05, 0) is 23.8 Å². The van der Waals surface area contributed by atoms with Crippen molar-refractivity contribution < 1.29 is 49.6 Å². The van der Waals surface area contributed by atoms with Gasteiger partial charge < -0.3 is 49.6 Å². The second kappa shape index (κ2) is 8.73. The Morgan fingerprint density at radius 1 is 0.933 bits per heavy atom. The summed E-state index contributed by atoms with van der Waals surface area (Å²) in [4.78, 5) is 12.2. The standard InChI is InChI=1S/C19H20O11/c20-7-13-14(24)15(25)16(26)19(29-13)30-17-12(23)6-9(28-18(17)27)3-1-8-2-4-10(21)11(22)5-8/h1-6,13-16,19-26H,7H2/t13-,14-,15+,16-,19-/m1/s1. The fourth-order valence-corrected chi connectivity index (χ4v) is 2.78. The summed E-state index contributed by atoms with van der Waals surface area (Å²) in [6.45, 7) is -0.693. The number of phenolic OH excluding ortho intramolecular Hbond substituents is 2. The second-order valence-corrected chi connectivity index (χ2v) is 6.55. The van der Waals surface area contributed by atoms with Gasteiger partial charge in [-0.3, -0.25) is 0 Å². The van der Waals surface area contributed by atoms with Crippen LogP contribution in [0.2, 0.25) is 0 Å². The Balaban J connectivity index is 1.80. The number of phenols is 2. The minimum atomic E-state index is -1.77. The van der Waals surface area contributed by atoms with E-state index in [1.807, 2.05) is 0 Å². The number of aromatic hydroxyl groups is 3. The summed E-state index contributed by atoms with van der Waals surface area (Å²) in [6, 6.07) is 5.05. The van der Waals surface area contributed by atoms with E-state index in [1.165, 1.54) is 30.4 Å². The van der Waals surface area contributed by atoms with Gasteiger partial charge in [0.25, 0.3) is 0 Å². The molecule has 1 aromatic carbocycles. The average molecular weight is 424 g/mol. The van der Waals surface area contributed by atoms with Gasteiger partial charge in [-0.2, -0.15) is 0 Å². The molecule has 0 amide bonds. The van der Waals surface area contributed by atoms with Crippen LogP contribution in [-0.2, 0) is 4.74 Å². The minimum absolute atomic E-state index is 0.0776. The summed E-state index contributed by atoms with van der Waals surface area (Å²) in [7, 11) is 0. The summed E-state index contributed by atoms with van der Waals surface area (Å²) in [5, 5.41) is 67.6. The lowest BCUT2D eigenvalue weighted by atomic mass is 9.99. The highest BCUT2D eigenvalue weighted by Gasteiger charge is 2.45. The topological polar surface area (TPSA) is 190 Å². The molecule has 0 unspecified atom stereocenters. The van der Waals surface area contributed by atoms with Gasteiger partial charge in [-0.25, -0.2) is 4.79 Å². The van der Waals surface area contributed by atoms with Crippen molar-refractivity contribution >= 4 is 12.2 Å². The lowest BCUT2D eigenvalue weighted by molar-refractivity contribution is -0.278. The zero-order valence-corrected chi connectivity index (χ0v) is 15.3. The van der Waals surface area contributed by atoms with Gasteiger partial charge in [0.2, 0.25) is 12.0 Å². The number of ether oxygens (including phenoxy) is 2. The van der Waals surface area contributed by atoms with Gasteiger partial charge in [0, 0.05) is 6.07 Å². The van der Waals surface area contributed by atoms with Crippen molar-refractivity contribution in [3.05, 3.63) is 46.0 Å². The molecule has 1 aliphatic heterocycles. The number of hydrogen-bond donors (Lipinski definition) is 7. The molecule has 1 fully saturated rings. The van der Waals surface area contributed by atoms with Crippen LogP contribution in [0.4, 0.5) is 0 Å². The monoisotopic (exact) mass is 424 g/mol. The Morgan fingerprint density at radius 3 is 2.30 bits per heavy atom. The van der Waals surface area contributed by atoms with E-state index in [0.29, 0.717) is 5.56 Å². The number of hydrogen-bond acceptors (Lipinski definition) is 11. The quantitative estimate of drug-likeness (QED) is 0.295. The molecule has 11 heteroatoms. The maximum Gasteiger partial charge on any atom is 0.383 e. The summed E-state index contributed by atoms with van der Waals surface area (Å²) < 4.78 is 15.3. The van der Waals surface area contributed by atoms with Crippen molar-refractivity contribution in [1.29, 1.82) is 0 Å². The van der Waals surface area contributed by atoms with Crippen molar-refractivity contribution in [2.24, 2.45) is 0 Å². The SMILES string of the molecule is O=c1oc(C=Cc2ccc(O)c(O)c2)cc(O)c1O[C@H]1O[C@H](CO)[C@@H](O)[C@H](O)[C@H]1O. The van der Waals surface area contributed by atoms with Crippen LogP contribution in [0, 0.1) is 0 Å². The molecule has 162 valence electrons. The molecule has 1 aromatic heterocycles. The van der Waals surface area contributed by atoms with E-state index in [1.54, 1.807) is 0 Å². The molecule has 0 aliphatic carbocycles. The van der Waals surface area contributed by atoms with Gasteiger partial charge in [-0.15, -0.1) is 0 Å². The van der Waals surface area contributed by atoms with Crippen LogP contribution in [0.5, 0.6) is 23.0 Å². The highest BCUT2D eigenvalue weighted by Crippen LogP contribution is 2.29. The predicted octanol–water partition coefficient (Wildman–Crippen LogP) is -0.894.